The molecule has 0 radical (unpaired) electrons. The topological polar surface area (TPSA) is 50.2 Å². The number of carboxylic acids is 1. The monoisotopic (exact) mass is 357 g/mol. The van der Waals surface area contributed by atoms with E-state index in [4.69, 9.17) is 0 Å². The summed E-state index contributed by atoms with van der Waals surface area (Å²) >= 11 is 4.42. The molecule has 0 amide bonds. The van der Waals surface area contributed by atoms with E-state index in [2.05, 4.69) is 20.9 Å². The normalized spacial score (nSPS) is 11.1. The lowest BCUT2D eigenvalue weighted by atomic mass is 10.1. The van der Waals surface area contributed by atoms with Gasteiger partial charge in [-0.3, -0.25) is 0 Å². The number of aromatic nitrogens is 1. The average Bonchev–Trinajstić information content (AvgIpc) is 2.75. The summed E-state index contributed by atoms with van der Waals surface area (Å²) in [7, 11) is 0. The quantitative estimate of drug-likeness (QED) is 0.869. The zero-order chi connectivity index (χ0) is 14.9. The summed E-state index contributed by atoms with van der Waals surface area (Å²) in [5.74, 6) is -1.06. The van der Waals surface area contributed by atoms with Gasteiger partial charge in [0.15, 0.2) is 0 Å². The first-order valence-electron chi connectivity index (χ1n) is 6.07. The van der Waals surface area contributed by atoms with Gasteiger partial charge < -0.3 is 5.11 Å². The van der Waals surface area contributed by atoms with E-state index < -0.39 is 5.97 Å². The fraction of sp³-hybridized carbons (Fsp3) is 0.286. The maximum atomic E-state index is 13.3. The number of halogens is 2. The van der Waals surface area contributed by atoms with E-state index in [9.17, 15) is 14.3 Å². The van der Waals surface area contributed by atoms with Crippen LogP contribution in [0.5, 0.6) is 0 Å². The van der Waals surface area contributed by atoms with Gasteiger partial charge in [0.1, 0.15) is 15.7 Å². The minimum absolute atomic E-state index is 0.227. The second-order valence-corrected chi connectivity index (χ2v) is 6.68. The highest BCUT2D eigenvalue weighted by Gasteiger charge is 2.20. The molecule has 0 spiro atoms. The predicted molar refractivity (Wildman–Crippen MR) is 80.7 cm³/mol. The van der Waals surface area contributed by atoms with Crippen molar-refractivity contribution in [1.29, 1.82) is 0 Å². The molecule has 1 N–H and O–H groups in total. The van der Waals surface area contributed by atoms with E-state index in [-0.39, 0.29) is 10.7 Å². The lowest BCUT2D eigenvalue weighted by molar-refractivity contribution is 0.0700. The molecule has 0 aliphatic carbocycles. The first-order valence-corrected chi connectivity index (χ1v) is 7.68. The third-order valence-electron chi connectivity index (χ3n) is 2.65. The number of nitrogens with zero attached hydrogens (tertiary/aromatic N) is 1. The van der Waals surface area contributed by atoms with Crippen molar-refractivity contribution in [2.45, 2.75) is 20.3 Å². The maximum Gasteiger partial charge on any atom is 0.347 e. The largest absolute Gasteiger partial charge is 0.477 e. The predicted octanol–water partition coefficient (Wildman–Crippen LogP) is 4.61. The molecule has 0 aliphatic rings. The third kappa shape index (κ3) is 3.24. The van der Waals surface area contributed by atoms with Crippen LogP contribution in [0.25, 0.3) is 10.6 Å². The van der Waals surface area contributed by atoms with E-state index in [0.29, 0.717) is 33.1 Å². The Bertz CT molecular complexity index is 655. The number of hydrogen-bond acceptors (Lipinski definition) is 3. The van der Waals surface area contributed by atoms with E-state index in [1.165, 1.54) is 12.1 Å². The van der Waals surface area contributed by atoms with E-state index in [0.717, 1.165) is 11.3 Å². The second kappa shape index (κ2) is 6.01. The number of hydrogen-bond donors (Lipinski definition) is 1. The van der Waals surface area contributed by atoms with Crippen molar-refractivity contribution in [1.82, 2.24) is 4.98 Å². The van der Waals surface area contributed by atoms with Gasteiger partial charge in [-0.2, -0.15) is 0 Å². The number of thiazole rings is 1. The van der Waals surface area contributed by atoms with E-state index in [1.54, 1.807) is 6.07 Å². The summed E-state index contributed by atoms with van der Waals surface area (Å²) in [6.07, 6.45) is 0.588. The first-order chi connectivity index (χ1) is 9.38. The Labute approximate surface area is 128 Å². The molecular formula is C14H13BrFNO2S. The Morgan fingerprint density at radius 1 is 1.50 bits per heavy atom. The summed E-state index contributed by atoms with van der Waals surface area (Å²) in [4.78, 5) is 15.9. The van der Waals surface area contributed by atoms with Crippen molar-refractivity contribution < 1.29 is 14.3 Å². The highest BCUT2D eigenvalue weighted by atomic mass is 79.9. The maximum absolute atomic E-state index is 13.3. The number of rotatable bonds is 4. The van der Waals surface area contributed by atoms with Crippen LogP contribution in [0.4, 0.5) is 4.39 Å². The smallest absolute Gasteiger partial charge is 0.347 e. The van der Waals surface area contributed by atoms with Crippen molar-refractivity contribution in [2.24, 2.45) is 5.92 Å². The van der Waals surface area contributed by atoms with Crippen molar-refractivity contribution in [2.75, 3.05) is 0 Å². The zero-order valence-electron chi connectivity index (χ0n) is 11.0. The molecule has 20 heavy (non-hydrogen) atoms. The first kappa shape index (κ1) is 15.1. The fourth-order valence-corrected chi connectivity index (χ4v) is 3.35. The molecule has 1 aromatic carbocycles. The Morgan fingerprint density at radius 2 is 2.20 bits per heavy atom. The molecule has 3 nitrogen and oxygen atoms in total. The van der Waals surface area contributed by atoms with Crippen LogP contribution in [-0.4, -0.2) is 16.1 Å². The van der Waals surface area contributed by atoms with Crippen molar-refractivity contribution in [3.05, 3.63) is 39.1 Å². The van der Waals surface area contributed by atoms with Crippen LogP contribution >= 0.6 is 27.3 Å². The second-order valence-electron chi connectivity index (χ2n) is 4.82. The molecule has 0 aliphatic heterocycles. The van der Waals surface area contributed by atoms with Crippen LogP contribution in [0.3, 0.4) is 0 Å². The zero-order valence-corrected chi connectivity index (χ0v) is 13.4. The highest BCUT2D eigenvalue weighted by Crippen LogP contribution is 2.34. The third-order valence-corrected chi connectivity index (χ3v) is 4.46. The van der Waals surface area contributed by atoms with Crippen LogP contribution in [0.15, 0.2) is 22.7 Å². The van der Waals surface area contributed by atoms with Gasteiger partial charge in [-0.05, 0) is 30.5 Å². The highest BCUT2D eigenvalue weighted by molar-refractivity contribution is 9.10. The van der Waals surface area contributed by atoms with Gasteiger partial charge >= 0.3 is 5.97 Å². The van der Waals surface area contributed by atoms with Gasteiger partial charge in [-0.1, -0.05) is 29.8 Å². The van der Waals surface area contributed by atoms with Gasteiger partial charge in [0.05, 0.1) is 5.69 Å². The minimum Gasteiger partial charge on any atom is -0.477 e. The molecule has 0 unspecified atom stereocenters. The SMILES string of the molecule is CC(C)Cc1nc(-c2cc(F)ccc2Br)sc1C(=O)O. The molecule has 2 rings (SSSR count). The Morgan fingerprint density at radius 3 is 2.80 bits per heavy atom. The van der Waals surface area contributed by atoms with Crippen LogP contribution in [0.1, 0.15) is 29.2 Å². The van der Waals surface area contributed by atoms with E-state index in [1.807, 2.05) is 13.8 Å². The average molecular weight is 358 g/mol. The molecule has 0 fully saturated rings. The summed E-state index contributed by atoms with van der Waals surface area (Å²) < 4.78 is 14.0. The van der Waals surface area contributed by atoms with Gasteiger partial charge in [0, 0.05) is 10.0 Å². The lowest BCUT2D eigenvalue weighted by Gasteiger charge is -2.02. The van der Waals surface area contributed by atoms with Crippen LogP contribution < -0.4 is 0 Å². The molecule has 0 saturated carbocycles. The van der Waals surface area contributed by atoms with Crippen molar-refractivity contribution in [3.63, 3.8) is 0 Å². The molecule has 2 aromatic rings. The Balaban J connectivity index is 2.52. The molecule has 0 saturated heterocycles. The molecule has 1 aromatic heterocycles. The van der Waals surface area contributed by atoms with E-state index >= 15 is 0 Å². The summed E-state index contributed by atoms with van der Waals surface area (Å²) in [5, 5.41) is 9.77. The van der Waals surface area contributed by atoms with Crippen molar-refractivity contribution in [3.8, 4) is 10.6 Å². The molecule has 106 valence electrons. The van der Waals surface area contributed by atoms with Crippen LogP contribution in [0, 0.1) is 11.7 Å². The summed E-state index contributed by atoms with van der Waals surface area (Å²) in [6, 6.07) is 4.29. The molecule has 1 heterocycles. The number of aromatic carboxylic acids is 1. The number of benzene rings is 1. The standard InChI is InChI=1S/C14H13BrFNO2S/c1-7(2)5-11-12(14(18)19)20-13(17-11)9-6-8(16)3-4-10(9)15/h3-4,6-7H,5H2,1-2H3,(H,18,19). The minimum atomic E-state index is -0.989. The molecule has 6 heteroatoms. The van der Waals surface area contributed by atoms with Gasteiger partial charge in [-0.15, -0.1) is 11.3 Å². The fourth-order valence-electron chi connectivity index (χ4n) is 1.82. The van der Waals surface area contributed by atoms with Crippen LogP contribution in [0.2, 0.25) is 0 Å². The van der Waals surface area contributed by atoms with Gasteiger partial charge in [-0.25, -0.2) is 14.2 Å². The van der Waals surface area contributed by atoms with Gasteiger partial charge in [0.2, 0.25) is 0 Å². The summed E-state index contributed by atoms with van der Waals surface area (Å²) in [5.41, 5.74) is 1.14. The molecular weight excluding hydrogens is 345 g/mol. The Kier molecular flexibility index (Phi) is 4.55. The molecule has 0 bridgehead atoms. The number of carboxylic acid groups (broad SMARTS) is 1. The lowest BCUT2D eigenvalue weighted by Crippen LogP contribution is -2.02. The van der Waals surface area contributed by atoms with Crippen molar-refractivity contribution >= 4 is 33.2 Å². The summed E-state index contributed by atoms with van der Waals surface area (Å²) in [6.45, 7) is 4.01. The Hall–Kier alpha value is -1.27. The molecule has 0 atom stereocenters. The van der Waals surface area contributed by atoms with Gasteiger partial charge in [0.25, 0.3) is 0 Å². The van der Waals surface area contributed by atoms with Crippen LogP contribution in [-0.2, 0) is 6.42 Å². The number of carbonyl (C=O) groups is 1.